The number of rotatable bonds is 4. The van der Waals surface area contributed by atoms with E-state index in [1.807, 2.05) is 0 Å². The molecule has 0 aliphatic carbocycles. The minimum atomic E-state index is -0.276. The molecule has 0 spiro atoms. The molecule has 0 unspecified atom stereocenters. The lowest BCUT2D eigenvalue weighted by Crippen LogP contribution is -1.97. The van der Waals surface area contributed by atoms with Crippen LogP contribution < -0.4 is 4.74 Å². The van der Waals surface area contributed by atoms with E-state index in [1.165, 1.54) is 6.07 Å². The van der Waals surface area contributed by atoms with E-state index in [2.05, 4.69) is 28.6 Å². The van der Waals surface area contributed by atoms with Crippen molar-refractivity contribution in [2.75, 3.05) is 12.4 Å². The second-order valence-corrected chi connectivity index (χ2v) is 3.80. The number of thiol groups is 1. The van der Waals surface area contributed by atoms with Crippen LogP contribution in [0.2, 0.25) is 0 Å². The molecule has 0 radical (unpaired) electrons. The minimum Gasteiger partial charge on any atom is -0.494 e. The van der Waals surface area contributed by atoms with Gasteiger partial charge in [0.15, 0.2) is 0 Å². The van der Waals surface area contributed by atoms with Crippen molar-refractivity contribution in [3.8, 4) is 5.75 Å². The Hall–Kier alpha value is -0.220. The maximum absolute atomic E-state index is 12.8. The molecule has 0 bridgehead atoms. The van der Waals surface area contributed by atoms with E-state index in [0.29, 0.717) is 16.8 Å². The molecular formula is C9H10BrFOS. The first-order valence-corrected chi connectivity index (χ1v) is 5.35. The predicted molar refractivity (Wildman–Crippen MR) is 58.1 cm³/mol. The normalized spacial score (nSPS) is 10.1. The largest absolute Gasteiger partial charge is 0.494 e. The van der Waals surface area contributed by atoms with Gasteiger partial charge in [-0.05, 0) is 46.3 Å². The average Bonchev–Trinajstić information content (AvgIpc) is 2.12. The summed E-state index contributed by atoms with van der Waals surface area (Å²) in [7, 11) is 0. The molecule has 0 amide bonds. The fraction of sp³-hybridized carbons (Fsp3) is 0.333. The monoisotopic (exact) mass is 264 g/mol. The van der Waals surface area contributed by atoms with E-state index < -0.39 is 0 Å². The summed E-state index contributed by atoms with van der Waals surface area (Å²) in [5.74, 6) is 1.19. The first-order chi connectivity index (χ1) is 6.24. The van der Waals surface area contributed by atoms with Gasteiger partial charge >= 0.3 is 0 Å². The van der Waals surface area contributed by atoms with Crippen LogP contribution in [-0.2, 0) is 0 Å². The van der Waals surface area contributed by atoms with Crippen LogP contribution in [0.25, 0.3) is 0 Å². The lowest BCUT2D eigenvalue weighted by Gasteiger charge is -2.05. The quantitative estimate of drug-likeness (QED) is 0.649. The lowest BCUT2D eigenvalue weighted by atomic mass is 10.3. The van der Waals surface area contributed by atoms with Gasteiger partial charge in [-0.1, -0.05) is 0 Å². The van der Waals surface area contributed by atoms with Crippen LogP contribution in [0.15, 0.2) is 22.7 Å². The van der Waals surface area contributed by atoms with Crippen LogP contribution in [0.4, 0.5) is 4.39 Å². The van der Waals surface area contributed by atoms with Gasteiger partial charge in [-0.3, -0.25) is 0 Å². The smallest absolute Gasteiger partial charge is 0.137 e. The van der Waals surface area contributed by atoms with Crippen molar-refractivity contribution in [2.45, 2.75) is 6.42 Å². The second kappa shape index (κ2) is 5.50. The molecule has 1 aromatic carbocycles. The molecule has 4 heteroatoms. The van der Waals surface area contributed by atoms with Gasteiger partial charge in [0.1, 0.15) is 11.6 Å². The molecule has 0 N–H and O–H groups in total. The Kier molecular flexibility index (Phi) is 4.59. The topological polar surface area (TPSA) is 9.23 Å². The van der Waals surface area contributed by atoms with Gasteiger partial charge in [-0.15, -0.1) is 0 Å². The summed E-state index contributed by atoms with van der Waals surface area (Å²) < 4.78 is 18.5. The van der Waals surface area contributed by atoms with Gasteiger partial charge in [0, 0.05) is 0 Å². The molecule has 1 aromatic rings. The second-order valence-electron chi connectivity index (χ2n) is 2.50. The summed E-state index contributed by atoms with van der Waals surface area (Å²) in [6.45, 7) is 0.613. The van der Waals surface area contributed by atoms with Gasteiger partial charge in [-0.25, -0.2) is 4.39 Å². The molecule has 0 aromatic heterocycles. The highest BCUT2D eigenvalue weighted by atomic mass is 79.9. The lowest BCUT2D eigenvalue weighted by molar-refractivity contribution is 0.318. The first kappa shape index (κ1) is 10.9. The van der Waals surface area contributed by atoms with Crippen LogP contribution in [0, 0.1) is 5.82 Å². The van der Waals surface area contributed by atoms with E-state index in [-0.39, 0.29) is 5.82 Å². The summed E-state index contributed by atoms with van der Waals surface area (Å²) in [5, 5.41) is 0. The van der Waals surface area contributed by atoms with Gasteiger partial charge in [0.05, 0.1) is 11.1 Å². The Morgan fingerprint density at radius 2 is 2.23 bits per heavy atom. The Morgan fingerprint density at radius 3 is 2.85 bits per heavy atom. The van der Waals surface area contributed by atoms with Gasteiger partial charge in [0.2, 0.25) is 0 Å². The third-order valence-corrected chi connectivity index (χ3v) is 2.39. The van der Waals surface area contributed by atoms with Crippen LogP contribution >= 0.6 is 28.6 Å². The van der Waals surface area contributed by atoms with E-state index in [0.717, 1.165) is 12.2 Å². The summed E-state index contributed by atoms with van der Waals surface area (Å²) in [4.78, 5) is 0. The summed E-state index contributed by atoms with van der Waals surface area (Å²) in [5.41, 5.74) is 0. The highest BCUT2D eigenvalue weighted by molar-refractivity contribution is 9.10. The SMILES string of the molecule is Fc1ccc(OCCCS)cc1Br. The van der Waals surface area contributed by atoms with Crippen molar-refractivity contribution in [3.63, 3.8) is 0 Å². The zero-order chi connectivity index (χ0) is 9.68. The predicted octanol–water partition coefficient (Wildman–Crippen LogP) is 3.29. The fourth-order valence-corrected chi connectivity index (χ4v) is 1.31. The third-order valence-electron chi connectivity index (χ3n) is 1.46. The maximum Gasteiger partial charge on any atom is 0.137 e. The third kappa shape index (κ3) is 3.56. The average molecular weight is 265 g/mol. The Morgan fingerprint density at radius 1 is 1.46 bits per heavy atom. The van der Waals surface area contributed by atoms with E-state index in [1.54, 1.807) is 12.1 Å². The van der Waals surface area contributed by atoms with Crippen molar-refractivity contribution in [2.24, 2.45) is 0 Å². The molecule has 72 valence electrons. The number of hydrogen-bond donors (Lipinski definition) is 1. The Balaban J connectivity index is 2.53. The van der Waals surface area contributed by atoms with E-state index in [4.69, 9.17) is 4.74 Å². The van der Waals surface area contributed by atoms with Crippen molar-refractivity contribution in [1.82, 2.24) is 0 Å². The molecule has 1 rings (SSSR count). The molecule has 0 atom stereocenters. The maximum atomic E-state index is 12.8. The number of benzene rings is 1. The molecule has 0 aliphatic rings. The van der Waals surface area contributed by atoms with Gasteiger partial charge in [-0.2, -0.15) is 12.6 Å². The fourth-order valence-electron chi connectivity index (χ4n) is 0.821. The molecule has 0 saturated carbocycles. The molecule has 0 heterocycles. The van der Waals surface area contributed by atoms with Crippen LogP contribution in [0.5, 0.6) is 5.75 Å². The molecular weight excluding hydrogens is 255 g/mol. The first-order valence-electron chi connectivity index (χ1n) is 3.93. The molecule has 0 fully saturated rings. The summed E-state index contributed by atoms with van der Waals surface area (Å²) in [6.07, 6.45) is 0.887. The van der Waals surface area contributed by atoms with Crippen molar-refractivity contribution in [3.05, 3.63) is 28.5 Å². The molecule has 1 nitrogen and oxygen atoms in total. The zero-order valence-electron chi connectivity index (χ0n) is 6.96. The van der Waals surface area contributed by atoms with Crippen LogP contribution in [-0.4, -0.2) is 12.4 Å². The highest BCUT2D eigenvalue weighted by Crippen LogP contribution is 2.21. The zero-order valence-corrected chi connectivity index (χ0v) is 9.45. The molecule has 13 heavy (non-hydrogen) atoms. The number of hydrogen-bond acceptors (Lipinski definition) is 2. The van der Waals surface area contributed by atoms with E-state index in [9.17, 15) is 4.39 Å². The van der Waals surface area contributed by atoms with E-state index >= 15 is 0 Å². The van der Waals surface area contributed by atoms with Crippen molar-refractivity contribution >= 4 is 28.6 Å². The Bertz CT molecular complexity index is 280. The van der Waals surface area contributed by atoms with Crippen molar-refractivity contribution < 1.29 is 9.13 Å². The van der Waals surface area contributed by atoms with Crippen molar-refractivity contribution in [1.29, 1.82) is 0 Å². The molecule has 0 saturated heterocycles. The summed E-state index contributed by atoms with van der Waals surface area (Å²) in [6, 6.07) is 4.60. The molecule has 0 aliphatic heterocycles. The van der Waals surface area contributed by atoms with Gasteiger partial charge < -0.3 is 4.74 Å². The van der Waals surface area contributed by atoms with Gasteiger partial charge in [0.25, 0.3) is 0 Å². The Labute approximate surface area is 90.8 Å². The van der Waals surface area contributed by atoms with Crippen LogP contribution in [0.1, 0.15) is 6.42 Å². The minimum absolute atomic E-state index is 0.276. The summed E-state index contributed by atoms with van der Waals surface area (Å²) >= 11 is 7.14. The number of halogens is 2. The highest BCUT2D eigenvalue weighted by Gasteiger charge is 2.00. The standard InChI is InChI=1S/C9H10BrFOS/c10-8-6-7(2-3-9(8)11)12-4-1-5-13/h2-3,6,13H,1,4-5H2. The number of ether oxygens (including phenoxy) is 1. The van der Waals surface area contributed by atoms with Crippen LogP contribution in [0.3, 0.4) is 0 Å².